The molecule has 70 valence electrons. The third-order valence-electron chi connectivity index (χ3n) is 1.42. The number of nitrogens with one attached hydrogen (secondary N) is 2. The predicted octanol–water partition coefficient (Wildman–Crippen LogP) is -0.792. The Hall–Kier alpha value is -0.550. The molecule has 0 aliphatic heterocycles. The summed E-state index contributed by atoms with van der Waals surface area (Å²) in [6, 6.07) is -0.774. The number of hydrogen-bond donors (Lipinski definition) is 3. The average molecular weight is 190 g/mol. The van der Waals surface area contributed by atoms with Gasteiger partial charge in [0.15, 0.2) is 0 Å². The highest BCUT2D eigenvalue weighted by Gasteiger charge is 2.15. The predicted molar refractivity (Wildman–Crippen MR) is 50.4 cm³/mol. The summed E-state index contributed by atoms with van der Waals surface area (Å²) in [6.45, 7) is 1.62. The van der Waals surface area contributed by atoms with Gasteiger partial charge in [0.25, 0.3) is 0 Å². The second-order valence-corrected chi connectivity index (χ2v) is 2.82. The second kappa shape index (κ2) is 6.02. The third-order valence-corrected chi connectivity index (χ3v) is 1.79. The Morgan fingerprint density at radius 2 is 2.25 bits per heavy atom. The maximum atomic E-state index is 11.2. The van der Waals surface area contributed by atoms with Gasteiger partial charge in [-0.05, 0) is 14.0 Å². The first-order valence-electron chi connectivity index (χ1n) is 3.69. The molecule has 0 aliphatic rings. The van der Waals surface area contributed by atoms with Crippen molar-refractivity contribution in [3.8, 4) is 0 Å². The van der Waals surface area contributed by atoms with E-state index in [2.05, 4.69) is 23.3 Å². The van der Waals surface area contributed by atoms with Crippen LogP contribution in [-0.2, 0) is 9.59 Å². The van der Waals surface area contributed by atoms with Gasteiger partial charge in [0.2, 0.25) is 5.91 Å². The molecule has 0 heterocycles. The SMILES string of the molecule is CNC(CS)C(=O)NC(C)C=O. The Labute approximate surface area is 77.5 Å². The molecule has 0 fully saturated rings. The van der Waals surface area contributed by atoms with Gasteiger partial charge in [0, 0.05) is 5.75 Å². The van der Waals surface area contributed by atoms with Crippen LogP contribution in [0.25, 0.3) is 0 Å². The van der Waals surface area contributed by atoms with E-state index < -0.39 is 6.04 Å². The van der Waals surface area contributed by atoms with Crippen molar-refractivity contribution < 1.29 is 9.59 Å². The van der Waals surface area contributed by atoms with E-state index in [4.69, 9.17) is 0 Å². The van der Waals surface area contributed by atoms with E-state index in [0.717, 1.165) is 0 Å². The minimum absolute atomic E-state index is 0.202. The topological polar surface area (TPSA) is 58.2 Å². The molecule has 0 aliphatic carbocycles. The van der Waals surface area contributed by atoms with Crippen LogP contribution in [0, 0.1) is 0 Å². The fourth-order valence-electron chi connectivity index (χ4n) is 0.664. The molecular formula is C7H14N2O2S. The number of likely N-dealkylation sites (N-methyl/N-ethyl adjacent to an activating group) is 1. The molecule has 0 spiro atoms. The monoisotopic (exact) mass is 190 g/mol. The molecule has 2 unspecified atom stereocenters. The van der Waals surface area contributed by atoms with Crippen LogP contribution in [0.3, 0.4) is 0 Å². The lowest BCUT2D eigenvalue weighted by atomic mass is 10.3. The Balaban J connectivity index is 3.92. The summed E-state index contributed by atoms with van der Waals surface area (Å²) >= 11 is 3.98. The van der Waals surface area contributed by atoms with Gasteiger partial charge in [-0.15, -0.1) is 0 Å². The Kier molecular flexibility index (Phi) is 5.74. The third kappa shape index (κ3) is 3.73. The molecule has 0 aromatic carbocycles. The summed E-state index contributed by atoms with van der Waals surface area (Å²) in [7, 11) is 1.67. The summed E-state index contributed by atoms with van der Waals surface area (Å²) < 4.78 is 0. The molecule has 0 radical (unpaired) electrons. The number of carbonyl (C=O) groups is 2. The zero-order valence-electron chi connectivity index (χ0n) is 7.20. The molecule has 1 amide bonds. The molecule has 12 heavy (non-hydrogen) atoms. The van der Waals surface area contributed by atoms with E-state index in [1.54, 1.807) is 14.0 Å². The van der Waals surface area contributed by atoms with Gasteiger partial charge < -0.3 is 15.4 Å². The Morgan fingerprint density at radius 1 is 1.67 bits per heavy atom. The molecule has 2 N–H and O–H groups in total. The first-order valence-corrected chi connectivity index (χ1v) is 4.32. The van der Waals surface area contributed by atoms with E-state index in [0.29, 0.717) is 12.0 Å². The van der Waals surface area contributed by atoms with Gasteiger partial charge in [0.05, 0.1) is 12.1 Å². The minimum atomic E-state index is -0.437. The molecular weight excluding hydrogens is 176 g/mol. The standard InChI is InChI=1S/C7H14N2O2S/c1-5(3-10)9-7(11)6(4-12)8-2/h3,5-6,8,12H,4H2,1-2H3,(H,9,11). The lowest BCUT2D eigenvalue weighted by molar-refractivity contribution is -0.125. The first-order chi connectivity index (χ1) is 5.65. The van der Waals surface area contributed by atoms with Gasteiger partial charge in [-0.3, -0.25) is 4.79 Å². The molecule has 2 atom stereocenters. The van der Waals surface area contributed by atoms with Crippen molar-refractivity contribution in [2.45, 2.75) is 19.0 Å². The largest absolute Gasteiger partial charge is 0.345 e. The van der Waals surface area contributed by atoms with Crippen LogP contribution in [0.1, 0.15) is 6.92 Å². The number of thiol groups is 1. The zero-order valence-corrected chi connectivity index (χ0v) is 8.10. The van der Waals surface area contributed by atoms with Crippen LogP contribution in [0.4, 0.5) is 0 Å². The van der Waals surface area contributed by atoms with E-state index in [-0.39, 0.29) is 11.9 Å². The summed E-state index contributed by atoms with van der Waals surface area (Å²) in [5.41, 5.74) is 0. The van der Waals surface area contributed by atoms with Crippen molar-refractivity contribution >= 4 is 24.8 Å². The van der Waals surface area contributed by atoms with Crippen molar-refractivity contribution in [1.29, 1.82) is 0 Å². The van der Waals surface area contributed by atoms with Crippen molar-refractivity contribution in [1.82, 2.24) is 10.6 Å². The van der Waals surface area contributed by atoms with Gasteiger partial charge >= 0.3 is 0 Å². The molecule has 0 saturated heterocycles. The van der Waals surface area contributed by atoms with Crippen LogP contribution < -0.4 is 10.6 Å². The van der Waals surface area contributed by atoms with Crippen LogP contribution in [0.2, 0.25) is 0 Å². The van der Waals surface area contributed by atoms with Crippen molar-refractivity contribution in [2.75, 3.05) is 12.8 Å². The molecule has 4 nitrogen and oxygen atoms in total. The summed E-state index contributed by atoms with van der Waals surface area (Å²) in [6.07, 6.45) is 0.684. The minimum Gasteiger partial charge on any atom is -0.345 e. The normalized spacial score (nSPS) is 14.9. The van der Waals surface area contributed by atoms with E-state index in [9.17, 15) is 9.59 Å². The Bertz CT molecular complexity index is 159. The number of aldehydes is 1. The smallest absolute Gasteiger partial charge is 0.238 e. The highest BCUT2D eigenvalue weighted by atomic mass is 32.1. The van der Waals surface area contributed by atoms with Crippen LogP contribution in [0.15, 0.2) is 0 Å². The van der Waals surface area contributed by atoms with E-state index in [1.165, 1.54) is 0 Å². The molecule has 0 saturated carbocycles. The number of amides is 1. The van der Waals surface area contributed by atoms with Crippen molar-refractivity contribution in [2.24, 2.45) is 0 Å². The highest BCUT2D eigenvalue weighted by molar-refractivity contribution is 7.80. The van der Waals surface area contributed by atoms with Crippen LogP contribution in [-0.4, -0.2) is 37.1 Å². The molecule has 0 aromatic heterocycles. The van der Waals surface area contributed by atoms with Gasteiger partial charge in [0.1, 0.15) is 6.29 Å². The highest BCUT2D eigenvalue weighted by Crippen LogP contribution is 1.88. The van der Waals surface area contributed by atoms with Gasteiger partial charge in [-0.2, -0.15) is 12.6 Å². The average Bonchev–Trinajstić information content (AvgIpc) is 2.06. The first kappa shape index (κ1) is 11.4. The molecule has 5 heteroatoms. The fraction of sp³-hybridized carbons (Fsp3) is 0.714. The van der Waals surface area contributed by atoms with Crippen LogP contribution in [0.5, 0.6) is 0 Å². The van der Waals surface area contributed by atoms with E-state index >= 15 is 0 Å². The lowest BCUT2D eigenvalue weighted by Gasteiger charge is -2.14. The number of rotatable bonds is 5. The van der Waals surface area contributed by atoms with Gasteiger partial charge in [-0.25, -0.2) is 0 Å². The van der Waals surface area contributed by atoms with E-state index in [1.807, 2.05) is 0 Å². The fourth-order valence-corrected chi connectivity index (χ4v) is 1.01. The zero-order chi connectivity index (χ0) is 9.56. The van der Waals surface area contributed by atoms with Crippen LogP contribution >= 0.6 is 12.6 Å². The molecule has 0 rings (SSSR count). The number of hydrogen-bond acceptors (Lipinski definition) is 4. The second-order valence-electron chi connectivity index (χ2n) is 2.46. The summed E-state index contributed by atoms with van der Waals surface area (Å²) in [5, 5.41) is 5.29. The number of carbonyl (C=O) groups excluding carboxylic acids is 2. The summed E-state index contributed by atoms with van der Waals surface area (Å²) in [5.74, 6) is 0.209. The maximum absolute atomic E-state index is 11.2. The van der Waals surface area contributed by atoms with Crippen molar-refractivity contribution in [3.63, 3.8) is 0 Å². The lowest BCUT2D eigenvalue weighted by Crippen LogP contribution is -2.47. The van der Waals surface area contributed by atoms with Crippen molar-refractivity contribution in [3.05, 3.63) is 0 Å². The van der Waals surface area contributed by atoms with Gasteiger partial charge in [-0.1, -0.05) is 0 Å². The molecule has 0 aromatic rings. The summed E-state index contributed by atoms with van der Waals surface area (Å²) in [4.78, 5) is 21.4. The Morgan fingerprint density at radius 3 is 2.58 bits per heavy atom. The molecule has 0 bridgehead atoms. The maximum Gasteiger partial charge on any atom is 0.238 e. The quantitative estimate of drug-likeness (QED) is 0.393.